The van der Waals surface area contributed by atoms with Gasteiger partial charge in [0.1, 0.15) is 17.2 Å². The van der Waals surface area contributed by atoms with Crippen LogP contribution >= 0.6 is 11.3 Å². The van der Waals surface area contributed by atoms with Crippen molar-refractivity contribution in [3.63, 3.8) is 0 Å². The molecule has 2 aliphatic rings. The lowest BCUT2D eigenvalue weighted by Gasteiger charge is -2.29. The predicted molar refractivity (Wildman–Crippen MR) is 113 cm³/mol. The first kappa shape index (κ1) is 19.0. The number of thiazole rings is 1. The van der Waals surface area contributed by atoms with Gasteiger partial charge in [-0.2, -0.15) is 0 Å². The van der Waals surface area contributed by atoms with E-state index in [4.69, 9.17) is 9.72 Å². The number of aromatic nitrogens is 1. The second kappa shape index (κ2) is 7.25. The van der Waals surface area contributed by atoms with Crippen molar-refractivity contribution in [2.24, 2.45) is 0 Å². The molecule has 0 spiro atoms. The van der Waals surface area contributed by atoms with E-state index >= 15 is 0 Å². The van der Waals surface area contributed by atoms with Crippen LogP contribution in [0.4, 0.5) is 16.5 Å². The molecule has 4 rings (SSSR count). The first-order valence-electron chi connectivity index (χ1n) is 9.58. The average Bonchev–Trinajstić information content (AvgIpc) is 3.03. The molecule has 0 radical (unpaired) electrons. The summed E-state index contributed by atoms with van der Waals surface area (Å²) in [5.41, 5.74) is 2.67. The molecule has 0 fully saturated rings. The van der Waals surface area contributed by atoms with Gasteiger partial charge in [-0.05, 0) is 40.1 Å². The Labute approximate surface area is 169 Å². The van der Waals surface area contributed by atoms with E-state index in [-0.39, 0.29) is 11.4 Å². The Bertz CT molecular complexity index is 893. The third-order valence-corrected chi connectivity index (χ3v) is 6.02. The lowest BCUT2D eigenvalue weighted by Crippen LogP contribution is -2.48. The van der Waals surface area contributed by atoms with Crippen LogP contribution in [-0.4, -0.2) is 61.7 Å². The maximum atomic E-state index is 12.4. The van der Waals surface area contributed by atoms with E-state index < -0.39 is 0 Å². The number of carbonyl (C=O) groups excluding carboxylic acids is 1. The van der Waals surface area contributed by atoms with E-state index in [9.17, 15) is 4.79 Å². The summed E-state index contributed by atoms with van der Waals surface area (Å²) in [6.45, 7) is 7.21. The van der Waals surface area contributed by atoms with Crippen molar-refractivity contribution >= 4 is 33.8 Å². The Morgan fingerprint density at radius 2 is 2.21 bits per heavy atom. The topological polar surface area (TPSA) is 69.7 Å². The van der Waals surface area contributed by atoms with Crippen molar-refractivity contribution in [2.45, 2.75) is 25.8 Å². The van der Waals surface area contributed by atoms with Gasteiger partial charge in [0.15, 0.2) is 5.13 Å². The van der Waals surface area contributed by atoms with E-state index in [2.05, 4.69) is 46.7 Å². The lowest BCUT2D eigenvalue weighted by molar-refractivity contribution is 0.0901. The van der Waals surface area contributed by atoms with Crippen LogP contribution in [0.3, 0.4) is 0 Å². The minimum absolute atomic E-state index is 0.0241. The molecule has 7 nitrogen and oxygen atoms in total. The number of nitrogens with zero attached hydrogens (tertiary/aromatic N) is 3. The van der Waals surface area contributed by atoms with Gasteiger partial charge >= 0.3 is 0 Å². The third kappa shape index (κ3) is 3.79. The van der Waals surface area contributed by atoms with Crippen LogP contribution in [-0.2, 0) is 6.42 Å². The fraction of sp³-hybridized carbons (Fsp3) is 0.500. The van der Waals surface area contributed by atoms with Crippen LogP contribution in [0, 0.1) is 0 Å². The van der Waals surface area contributed by atoms with Gasteiger partial charge in [0.25, 0.3) is 5.91 Å². The summed E-state index contributed by atoms with van der Waals surface area (Å²) in [6.07, 6.45) is 0.747. The number of anilines is 3. The van der Waals surface area contributed by atoms with Crippen LogP contribution in [0.15, 0.2) is 18.2 Å². The lowest BCUT2D eigenvalue weighted by atomic mass is 9.94. The number of ether oxygens (including phenoxy) is 1. The first-order chi connectivity index (χ1) is 13.3. The second-order valence-corrected chi connectivity index (χ2v) is 9.18. The Morgan fingerprint density at radius 3 is 3.00 bits per heavy atom. The van der Waals surface area contributed by atoms with Crippen LogP contribution in [0.5, 0.6) is 5.75 Å². The average molecular weight is 402 g/mol. The van der Waals surface area contributed by atoms with E-state index in [0.717, 1.165) is 58.9 Å². The molecule has 0 bridgehead atoms. The Morgan fingerprint density at radius 1 is 1.39 bits per heavy atom. The van der Waals surface area contributed by atoms with Crippen molar-refractivity contribution < 1.29 is 9.53 Å². The largest absolute Gasteiger partial charge is 0.489 e. The molecule has 0 saturated carbocycles. The van der Waals surface area contributed by atoms with Crippen LogP contribution in [0.2, 0.25) is 0 Å². The quantitative estimate of drug-likeness (QED) is 0.803. The molecule has 1 amide bonds. The fourth-order valence-electron chi connectivity index (χ4n) is 3.53. The SMILES string of the molecule is CN(C)CCNc1ccc2c(c1)OCCN2c1nc2c(s1)C(=O)NC(C)(C)C2. The predicted octanol–water partition coefficient (Wildman–Crippen LogP) is 2.71. The van der Waals surface area contributed by atoms with Gasteiger partial charge in [0, 0.05) is 36.8 Å². The number of nitrogens with one attached hydrogen (secondary N) is 2. The van der Waals surface area contributed by atoms with Crippen LogP contribution < -0.4 is 20.3 Å². The van der Waals surface area contributed by atoms with Gasteiger partial charge in [-0.1, -0.05) is 11.3 Å². The number of carbonyl (C=O) groups is 1. The molecule has 3 heterocycles. The highest BCUT2D eigenvalue weighted by Crippen LogP contribution is 2.41. The molecule has 1 aromatic heterocycles. The zero-order chi connectivity index (χ0) is 19.9. The standard InChI is InChI=1S/C20H27N5O2S/c1-20(2)12-14-17(18(26)23-20)28-19(22-14)25-9-10-27-16-11-13(5-6-15(16)25)21-7-8-24(3)4/h5-6,11,21H,7-10,12H2,1-4H3,(H,23,26). The van der Waals surface area contributed by atoms with Gasteiger partial charge in [-0.3, -0.25) is 4.79 Å². The first-order valence-corrected chi connectivity index (χ1v) is 10.4. The molecular weight excluding hydrogens is 374 g/mol. The second-order valence-electron chi connectivity index (χ2n) is 8.20. The molecule has 0 atom stereocenters. The van der Waals surface area contributed by atoms with Crippen molar-refractivity contribution in [2.75, 3.05) is 50.6 Å². The summed E-state index contributed by atoms with van der Waals surface area (Å²) < 4.78 is 5.91. The van der Waals surface area contributed by atoms with Crippen molar-refractivity contribution in [3.05, 3.63) is 28.8 Å². The number of hydrogen-bond acceptors (Lipinski definition) is 7. The summed E-state index contributed by atoms with van der Waals surface area (Å²) >= 11 is 1.46. The summed E-state index contributed by atoms with van der Waals surface area (Å²) in [4.78, 5) is 22.3. The number of amides is 1. The van der Waals surface area contributed by atoms with Crippen LogP contribution in [0.1, 0.15) is 29.2 Å². The molecule has 2 aromatic rings. The molecule has 0 saturated heterocycles. The molecule has 8 heteroatoms. The number of benzene rings is 1. The van der Waals surface area contributed by atoms with E-state index in [1.54, 1.807) is 0 Å². The van der Waals surface area contributed by atoms with Gasteiger partial charge < -0.3 is 25.2 Å². The normalized spacial score (nSPS) is 17.6. The monoisotopic (exact) mass is 401 g/mol. The molecule has 150 valence electrons. The smallest absolute Gasteiger partial charge is 0.263 e. The number of fused-ring (bicyclic) bond motifs is 2. The number of likely N-dealkylation sites (N-methyl/N-ethyl adjacent to an activating group) is 1. The van der Waals surface area contributed by atoms with Gasteiger partial charge in [-0.25, -0.2) is 4.98 Å². The molecule has 2 N–H and O–H groups in total. The Balaban J connectivity index is 1.58. The minimum atomic E-state index is -0.258. The van der Waals surface area contributed by atoms with Gasteiger partial charge in [-0.15, -0.1) is 0 Å². The summed E-state index contributed by atoms with van der Waals surface area (Å²) in [7, 11) is 4.12. The molecule has 1 aromatic carbocycles. The Hall–Kier alpha value is -2.32. The maximum absolute atomic E-state index is 12.4. The molecule has 2 aliphatic heterocycles. The summed E-state index contributed by atoms with van der Waals surface area (Å²) in [6, 6.07) is 6.18. The molecule has 0 aliphatic carbocycles. The fourth-order valence-corrected chi connectivity index (χ4v) is 4.55. The van der Waals surface area contributed by atoms with E-state index in [1.165, 1.54) is 11.3 Å². The highest BCUT2D eigenvalue weighted by Gasteiger charge is 2.34. The number of hydrogen-bond donors (Lipinski definition) is 2. The molecular formula is C20H27N5O2S. The van der Waals surface area contributed by atoms with Crippen molar-refractivity contribution in [1.29, 1.82) is 0 Å². The van der Waals surface area contributed by atoms with Crippen molar-refractivity contribution in [1.82, 2.24) is 15.2 Å². The minimum Gasteiger partial charge on any atom is -0.489 e. The Kier molecular flexibility index (Phi) is 4.93. The molecule has 28 heavy (non-hydrogen) atoms. The summed E-state index contributed by atoms with van der Waals surface area (Å²) in [5.74, 6) is 0.822. The zero-order valence-corrected chi connectivity index (χ0v) is 17.7. The zero-order valence-electron chi connectivity index (χ0n) is 16.8. The highest BCUT2D eigenvalue weighted by molar-refractivity contribution is 7.17. The van der Waals surface area contributed by atoms with Gasteiger partial charge in [0.05, 0.1) is 17.9 Å². The van der Waals surface area contributed by atoms with Crippen LogP contribution in [0.25, 0.3) is 0 Å². The maximum Gasteiger partial charge on any atom is 0.263 e. The highest BCUT2D eigenvalue weighted by atomic mass is 32.1. The van der Waals surface area contributed by atoms with E-state index in [0.29, 0.717) is 6.61 Å². The van der Waals surface area contributed by atoms with Gasteiger partial charge in [0.2, 0.25) is 0 Å². The number of rotatable bonds is 5. The third-order valence-electron chi connectivity index (χ3n) is 4.90. The summed E-state index contributed by atoms with van der Waals surface area (Å²) in [5, 5.41) is 7.34. The van der Waals surface area contributed by atoms with E-state index in [1.807, 2.05) is 19.9 Å². The van der Waals surface area contributed by atoms with Crippen molar-refractivity contribution in [3.8, 4) is 5.75 Å². The molecule has 0 unspecified atom stereocenters.